The number of rotatable bonds is 6. The summed E-state index contributed by atoms with van der Waals surface area (Å²) in [5.41, 5.74) is 2.23. The standard InChI is InChI=1S/C17H18BrClFN/c1-2-21-16(9-12-4-3-5-14(18)8-12)10-13-6-7-15(20)11-17(13)19/h3-8,11,16,21H,2,9-10H2,1H3. The van der Waals surface area contributed by atoms with Crippen molar-refractivity contribution in [1.82, 2.24) is 5.32 Å². The molecule has 1 atom stereocenters. The summed E-state index contributed by atoms with van der Waals surface area (Å²) >= 11 is 9.62. The Labute approximate surface area is 138 Å². The van der Waals surface area contributed by atoms with E-state index in [-0.39, 0.29) is 11.9 Å². The zero-order chi connectivity index (χ0) is 15.2. The topological polar surface area (TPSA) is 12.0 Å². The Hall–Kier alpha value is -0.900. The zero-order valence-corrected chi connectivity index (χ0v) is 14.2. The van der Waals surface area contributed by atoms with Gasteiger partial charge in [-0.2, -0.15) is 0 Å². The maximum absolute atomic E-state index is 13.1. The molecule has 0 bridgehead atoms. The van der Waals surface area contributed by atoms with Crippen LogP contribution in [0, 0.1) is 5.82 Å². The van der Waals surface area contributed by atoms with Crippen LogP contribution in [0.3, 0.4) is 0 Å². The van der Waals surface area contributed by atoms with E-state index in [0.29, 0.717) is 5.02 Å². The van der Waals surface area contributed by atoms with Crippen molar-refractivity contribution in [1.29, 1.82) is 0 Å². The van der Waals surface area contributed by atoms with E-state index in [0.717, 1.165) is 29.4 Å². The first-order valence-corrected chi connectivity index (χ1v) is 8.17. The number of halogens is 3. The molecule has 0 fully saturated rings. The fourth-order valence-corrected chi connectivity index (χ4v) is 3.10. The molecule has 0 saturated heterocycles. The molecule has 0 saturated carbocycles. The molecule has 2 aromatic rings. The number of nitrogens with one attached hydrogen (secondary N) is 1. The van der Waals surface area contributed by atoms with E-state index in [1.165, 1.54) is 17.7 Å². The van der Waals surface area contributed by atoms with Crippen LogP contribution in [0.25, 0.3) is 0 Å². The first kappa shape index (κ1) is 16.5. The smallest absolute Gasteiger partial charge is 0.124 e. The van der Waals surface area contributed by atoms with Crippen molar-refractivity contribution in [2.45, 2.75) is 25.8 Å². The Morgan fingerprint density at radius 2 is 2.00 bits per heavy atom. The van der Waals surface area contributed by atoms with Gasteiger partial charge in [0.2, 0.25) is 0 Å². The fourth-order valence-electron chi connectivity index (χ4n) is 2.41. The first-order chi connectivity index (χ1) is 10.1. The highest BCUT2D eigenvalue weighted by molar-refractivity contribution is 9.10. The SMILES string of the molecule is CCNC(Cc1cccc(Br)c1)Cc1ccc(F)cc1Cl. The van der Waals surface area contributed by atoms with Gasteiger partial charge >= 0.3 is 0 Å². The van der Waals surface area contributed by atoms with Gasteiger partial charge in [-0.1, -0.05) is 52.7 Å². The molecule has 21 heavy (non-hydrogen) atoms. The van der Waals surface area contributed by atoms with E-state index in [2.05, 4.69) is 40.3 Å². The summed E-state index contributed by atoms with van der Waals surface area (Å²) < 4.78 is 14.2. The van der Waals surface area contributed by atoms with E-state index >= 15 is 0 Å². The quantitative estimate of drug-likeness (QED) is 0.754. The summed E-state index contributed by atoms with van der Waals surface area (Å²) in [5, 5.41) is 3.97. The predicted molar refractivity (Wildman–Crippen MR) is 90.4 cm³/mol. The average molecular weight is 371 g/mol. The molecular weight excluding hydrogens is 353 g/mol. The van der Waals surface area contributed by atoms with Crippen LogP contribution in [-0.2, 0) is 12.8 Å². The molecule has 0 aliphatic rings. The van der Waals surface area contributed by atoms with E-state index in [9.17, 15) is 4.39 Å². The lowest BCUT2D eigenvalue weighted by Gasteiger charge is -2.19. The molecule has 112 valence electrons. The Kier molecular flexibility index (Phi) is 6.22. The molecule has 0 radical (unpaired) electrons. The van der Waals surface area contributed by atoms with Gasteiger partial charge in [-0.25, -0.2) is 4.39 Å². The minimum Gasteiger partial charge on any atom is -0.314 e. The van der Waals surface area contributed by atoms with Gasteiger partial charge in [-0.15, -0.1) is 0 Å². The summed E-state index contributed by atoms with van der Waals surface area (Å²) in [7, 11) is 0. The van der Waals surface area contributed by atoms with E-state index in [4.69, 9.17) is 11.6 Å². The minimum absolute atomic E-state index is 0.271. The fraction of sp³-hybridized carbons (Fsp3) is 0.294. The second-order valence-electron chi connectivity index (χ2n) is 5.03. The second-order valence-corrected chi connectivity index (χ2v) is 6.35. The molecule has 1 nitrogen and oxygen atoms in total. The van der Waals surface area contributed by atoms with E-state index in [1.807, 2.05) is 12.1 Å². The molecule has 0 aromatic heterocycles. The molecule has 2 rings (SSSR count). The third-order valence-electron chi connectivity index (χ3n) is 3.35. The van der Waals surface area contributed by atoms with Crippen molar-refractivity contribution in [3.8, 4) is 0 Å². The molecule has 1 N–H and O–H groups in total. The van der Waals surface area contributed by atoms with Crippen LogP contribution in [0.1, 0.15) is 18.1 Å². The van der Waals surface area contributed by atoms with Gasteiger partial charge in [0.15, 0.2) is 0 Å². The van der Waals surface area contributed by atoms with Crippen molar-refractivity contribution >= 4 is 27.5 Å². The molecule has 0 aliphatic carbocycles. The molecule has 0 spiro atoms. The Morgan fingerprint density at radius 1 is 1.19 bits per heavy atom. The third kappa shape index (κ3) is 5.10. The molecule has 2 aromatic carbocycles. The van der Waals surface area contributed by atoms with Gasteiger partial charge in [0.1, 0.15) is 5.82 Å². The maximum atomic E-state index is 13.1. The Morgan fingerprint density at radius 3 is 2.67 bits per heavy atom. The lowest BCUT2D eigenvalue weighted by molar-refractivity contribution is 0.521. The molecule has 4 heteroatoms. The minimum atomic E-state index is -0.296. The molecule has 0 amide bonds. The van der Waals surface area contributed by atoms with Crippen LogP contribution < -0.4 is 5.32 Å². The monoisotopic (exact) mass is 369 g/mol. The molecular formula is C17H18BrClFN. The lowest BCUT2D eigenvalue weighted by atomic mass is 9.99. The first-order valence-electron chi connectivity index (χ1n) is 7.00. The number of likely N-dealkylation sites (N-methyl/N-ethyl adjacent to an activating group) is 1. The second kappa shape index (κ2) is 7.92. The van der Waals surface area contributed by atoms with Crippen molar-refractivity contribution in [2.75, 3.05) is 6.54 Å². The van der Waals surface area contributed by atoms with Crippen LogP contribution in [0.5, 0.6) is 0 Å². The normalized spacial score (nSPS) is 12.4. The van der Waals surface area contributed by atoms with Crippen molar-refractivity contribution in [3.05, 3.63) is 68.9 Å². The van der Waals surface area contributed by atoms with Crippen LogP contribution in [-0.4, -0.2) is 12.6 Å². The highest BCUT2D eigenvalue weighted by atomic mass is 79.9. The highest BCUT2D eigenvalue weighted by Gasteiger charge is 2.12. The van der Waals surface area contributed by atoms with Gasteiger partial charge in [0.25, 0.3) is 0 Å². The summed E-state index contributed by atoms with van der Waals surface area (Å²) in [6.07, 6.45) is 1.68. The summed E-state index contributed by atoms with van der Waals surface area (Å²) in [6, 6.07) is 13.2. The summed E-state index contributed by atoms with van der Waals surface area (Å²) in [4.78, 5) is 0. The average Bonchev–Trinajstić information content (AvgIpc) is 2.42. The van der Waals surface area contributed by atoms with E-state index in [1.54, 1.807) is 6.07 Å². The molecule has 0 aliphatic heterocycles. The predicted octanol–water partition coefficient (Wildman–Crippen LogP) is 5.00. The van der Waals surface area contributed by atoms with Crippen molar-refractivity contribution in [3.63, 3.8) is 0 Å². The summed E-state index contributed by atoms with van der Waals surface area (Å²) in [5.74, 6) is -0.296. The molecule has 1 unspecified atom stereocenters. The van der Waals surface area contributed by atoms with Crippen LogP contribution in [0.15, 0.2) is 46.9 Å². The Bertz CT molecular complexity index is 603. The maximum Gasteiger partial charge on any atom is 0.124 e. The number of hydrogen-bond acceptors (Lipinski definition) is 1. The van der Waals surface area contributed by atoms with Gasteiger partial charge in [0.05, 0.1) is 0 Å². The van der Waals surface area contributed by atoms with Crippen LogP contribution >= 0.6 is 27.5 Å². The zero-order valence-electron chi connectivity index (χ0n) is 11.9. The van der Waals surface area contributed by atoms with Crippen molar-refractivity contribution in [2.24, 2.45) is 0 Å². The van der Waals surface area contributed by atoms with Gasteiger partial charge in [0, 0.05) is 15.5 Å². The van der Waals surface area contributed by atoms with E-state index < -0.39 is 0 Å². The van der Waals surface area contributed by atoms with Gasteiger partial charge in [-0.3, -0.25) is 0 Å². The van der Waals surface area contributed by atoms with Crippen LogP contribution in [0.4, 0.5) is 4.39 Å². The van der Waals surface area contributed by atoms with Crippen molar-refractivity contribution < 1.29 is 4.39 Å². The van der Waals surface area contributed by atoms with Gasteiger partial charge < -0.3 is 5.32 Å². The summed E-state index contributed by atoms with van der Waals surface area (Å²) in [6.45, 7) is 2.97. The molecule has 0 heterocycles. The third-order valence-corrected chi connectivity index (χ3v) is 4.19. The van der Waals surface area contributed by atoms with Crippen LogP contribution in [0.2, 0.25) is 5.02 Å². The largest absolute Gasteiger partial charge is 0.314 e. The number of hydrogen-bond donors (Lipinski definition) is 1. The van der Waals surface area contributed by atoms with Gasteiger partial charge in [-0.05, 0) is 54.8 Å². The Balaban J connectivity index is 2.11. The number of benzene rings is 2. The lowest BCUT2D eigenvalue weighted by Crippen LogP contribution is -2.33. The highest BCUT2D eigenvalue weighted by Crippen LogP contribution is 2.20.